The number of sulfonamides is 1. The zero-order chi connectivity index (χ0) is 15.6. The molecule has 0 bridgehead atoms. The SMILES string of the molecule is O=C(NS(=O)(=O)C1CCCc2ccccc21)C1CCCOC1. The van der Waals surface area contributed by atoms with Crippen LogP contribution in [-0.4, -0.2) is 27.5 Å². The van der Waals surface area contributed by atoms with Crippen LogP contribution < -0.4 is 4.72 Å². The number of carbonyl (C=O) groups is 1. The number of carbonyl (C=O) groups excluding carboxylic acids is 1. The van der Waals surface area contributed by atoms with Crippen LogP contribution in [0.1, 0.15) is 42.1 Å². The monoisotopic (exact) mass is 323 g/mol. The first kappa shape index (κ1) is 15.5. The molecule has 6 heteroatoms. The molecule has 1 N–H and O–H groups in total. The predicted molar refractivity (Wildman–Crippen MR) is 82.7 cm³/mol. The van der Waals surface area contributed by atoms with Crippen molar-refractivity contribution in [2.75, 3.05) is 13.2 Å². The minimum Gasteiger partial charge on any atom is -0.381 e. The Morgan fingerprint density at radius 1 is 1.18 bits per heavy atom. The average Bonchev–Trinajstić information content (AvgIpc) is 2.54. The second kappa shape index (κ2) is 6.38. The first-order valence-electron chi connectivity index (χ1n) is 7.79. The molecule has 1 heterocycles. The van der Waals surface area contributed by atoms with Crippen molar-refractivity contribution in [3.8, 4) is 0 Å². The molecular formula is C16H21NO4S. The van der Waals surface area contributed by atoms with Crippen molar-refractivity contribution < 1.29 is 17.9 Å². The second-order valence-electron chi connectivity index (χ2n) is 6.01. The van der Waals surface area contributed by atoms with E-state index in [-0.39, 0.29) is 5.92 Å². The number of rotatable bonds is 3. The molecule has 5 nitrogen and oxygen atoms in total. The standard InChI is InChI=1S/C16H21NO4S/c18-16(13-7-4-10-21-11-13)17-22(19,20)15-9-3-6-12-5-1-2-8-14(12)15/h1-2,5,8,13,15H,3-4,6-7,9-11H2,(H,17,18). The van der Waals surface area contributed by atoms with Gasteiger partial charge in [-0.1, -0.05) is 24.3 Å². The fourth-order valence-corrected chi connectivity index (χ4v) is 4.90. The van der Waals surface area contributed by atoms with Crippen molar-refractivity contribution in [3.63, 3.8) is 0 Å². The van der Waals surface area contributed by atoms with E-state index in [2.05, 4.69) is 4.72 Å². The van der Waals surface area contributed by atoms with E-state index in [9.17, 15) is 13.2 Å². The van der Waals surface area contributed by atoms with Gasteiger partial charge in [0.05, 0.1) is 12.5 Å². The molecule has 1 saturated heterocycles. The maximum Gasteiger partial charge on any atom is 0.241 e. The highest BCUT2D eigenvalue weighted by molar-refractivity contribution is 7.90. The zero-order valence-electron chi connectivity index (χ0n) is 12.5. The van der Waals surface area contributed by atoms with E-state index in [1.165, 1.54) is 0 Å². The Bertz CT molecular complexity index is 650. The molecule has 2 atom stereocenters. The normalized spacial score (nSPS) is 25.3. The van der Waals surface area contributed by atoms with Crippen LogP contribution in [0.4, 0.5) is 0 Å². The Kier molecular flexibility index (Phi) is 4.49. The lowest BCUT2D eigenvalue weighted by atomic mass is 9.91. The molecule has 3 rings (SSSR count). The Morgan fingerprint density at radius 2 is 2.00 bits per heavy atom. The van der Waals surface area contributed by atoms with Crippen molar-refractivity contribution in [1.29, 1.82) is 0 Å². The van der Waals surface area contributed by atoms with Gasteiger partial charge in [-0.05, 0) is 43.2 Å². The van der Waals surface area contributed by atoms with Crippen LogP contribution in [0.15, 0.2) is 24.3 Å². The summed E-state index contributed by atoms with van der Waals surface area (Å²) >= 11 is 0. The Labute approximate surface area is 131 Å². The van der Waals surface area contributed by atoms with Crippen molar-refractivity contribution >= 4 is 15.9 Å². The third-order valence-electron chi connectivity index (χ3n) is 4.46. The van der Waals surface area contributed by atoms with Crippen molar-refractivity contribution in [3.05, 3.63) is 35.4 Å². The molecule has 1 fully saturated rings. The van der Waals surface area contributed by atoms with Crippen LogP contribution in [0.25, 0.3) is 0 Å². The Balaban J connectivity index is 1.77. The first-order valence-corrected chi connectivity index (χ1v) is 9.33. The van der Waals surface area contributed by atoms with Gasteiger partial charge in [0, 0.05) is 6.61 Å². The Morgan fingerprint density at radius 3 is 2.77 bits per heavy atom. The summed E-state index contributed by atoms with van der Waals surface area (Å²) in [6.45, 7) is 0.954. The van der Waals surface area contributed by atoms with Crippen LogP contribution in [0.5, 0.6) is 0 Å². The molecule has 1 aliphatic carbocycles. The highest BCUT2D eigenvalue weighted by atomic mass is 32.2. The molecule has 1 aliphatic heterocycles. The van der Waals surface area contributed by atoms with Gasteiger partial charge in [0.2, 0.25) is 15.9 Å². The van der Waals surface area contributed by atoms with Gasteiger partial charge < -0.3 is 4.74 Å². The maximum atomic E-state index is 12.6. The quantitative estimate of drug-likeness (QED) is 0.922. The number of fused-ring (bicyclic) bond motifs is 1. The molecule has 0 spiro atoms. The Hall–Kier alpha value is -1.40. The van der Waals surface area contributed by atoms with Gasteiger partial charge in [-0.25, -0.2) is 8.42 Å². The van der Waals surface area contributed by atoms with Crippen LogP contribution in [-0.2, 0) is 26.0 Å². The number of benzene rings is 1. The highest BCUT2D eigenvalue weighted by Crippen LogP contribution is 2.35. The van der Waals surface area contributed by atoms with Gasteiger partial charge in [0.25, 0.3) is 0 Å². The van der Waals surface area contributed by atoms with Crippen LogP contribution in [0.2, 0.25) is 0 Å². The topological polar surface area (TPSA) is 72.5 Å². The summed E-state index contributed by atoms with van der Waals surface area (Å²) in [5, 5.41) is -0.633. The lowest BCUT2D eigenvalue weighted by molar-refractivity contribution is -0.127. The third-order valence-corrected chi connectivity index (χ3v) is 6.19. The molecule has 0 radical (unpaired) electrons. The summed E-state index contributed by atoms with van der Waals surface area (Å²) in [4.78, 5) is 12.2. The molecule has 2 aliphatic rings. The van der Waals surface area contributed by atoms with E-state index in [0.717, 1.165) is 30.4 Å². The number of ether oxygens (including phenoxy) is 1. The molecule has 120 valence electrons. The molecule has 0 aromatic heterocycles. The van der Waals surface area contributed by atoms with Crippen molar-refractivity contribution in [2.24, 2.45) is 5.92 Å². The zero-order valence-corrected chi connectivity index (χ0v) is 13.3. The fraction of sp³-hybridized carbons (Fsp3) is 0.562. The van der Waals surface area contributed by atoms with Gasteiger partial charge in [0.1, 0.15) is 5.25 Å². The van der Waals surface area contributed by atoms with Crippen LogP contribution >= 0.6 is 0 Å². The molecule has 1 aromatic carbocycles. The minimum atomic E-state index is -3.70. The van der Waals surface area contributed by atoms with E-state index in [1.807, 2.05) is 24.3 Å². The maximum absolute atomic E-state index is 12.6. The smallest absolute Gasteiger partial charge is 0.241 e. The first-order chi connectivity index (χ1) is 10.6. The van der Waals surface area contributed by atoms with Crippen LogP contribution in [0.3, 0.4) is 0 Å². The van der Waals surface area contributed by atoms with E-state index in [0.29, 0.717) is 26.1 Å². The fourth-order valence-electron chi connectivity index (χ4n) is 3.27. The summed E-state index contributed by atoms with van der Waals surface area (Å²) < 4.78 is 32.8. The molecular weight excluding hydrogens is 302 g/mol. The molecule has 22 heavy (non-hydrogen) atoms. The summed E-state index contributed by atoms with van der Waals surface area (Å²) in [5.41, 5.74) is 1.89. The number of hydrogen-bond acceptors (Lipinski definition) is 4. The summed E-state index contributed by atoms with van der Waals surface area (Å²) in [6.07, 6.45) is 3.75. The van der Waals surface area contributed by atoms with E-state index in [1.54, 1.807) is 0 Å². The van der Waals surface area contributed by atoms with Gasteiger partial charge in [0.15, 0.2) is 0 Å². The van der Waals surface area contributed by atoms with Gasteiger partial charge in [-0.2, -0.15) is 0 Å². The van der Waals surface area contributed by atoms with Gasteiger partial charge >= 0.3 is 0 Å². The van der Waals surface area contributed by atoms with Gasteiger partial charge in [-0.15, -0.1) is 0 Å². The lowest BCUT2D eigenvalue weighted by Crippen LogP contribution is -2.41. The molecule has 2 unspecified atom stereocenters. The van der Waals surface area contributed by atoms with E-state index in [4.69, 9.17) is 4.74 Å². The molecule has 0 saturated carbocycles. The van der Waals surface area contributed by atoms with Crippen molar-refractivity contribution in [2.45, 2.75) is 37.4 Å². The van der Waals surface area contributed by atoms with E-state index < -0.39 is 21.2 Å². The third kappa shape index (κ3) is 3.17. The summed E-state index contributed by atoms with van der Waals surface area (Å²) in [6, 6.07) is 7.59. The lowest BCUT2D eigenvalue weighted by Gasteiger charge is -2.27. The highest BCUT2D eigenvalue weighted by Gasteiger charge is 2.34. The summed E-state index contributed by atoms with van der Waals surface area (Å²) in [7, 11) is -3.70. The van der Waals surface area contributed by atoms with Gasteiger partial charge in [-0.3, -0.25) is 9.52 Å². The molecule has 1 aromatic rings. The second-order valence-corrected chi connectivity index (χ2v) is 7.87. The average molecular weight is 323 g/mol. The number of nitrogens with one attached hydrogen (secondary N) is 1. The van der Waals surface area contributed by atoms with Crippen molar-refractivity contribution in [1.82, 2.24) is 4.72 Å². The minimum absolute atomic E-state index is 0.308. The predicted octanol–water partition coefficient (Wildman–Crippen LogP) is 1.94. The molecule has 1 amide bonds. The van der Waals surface area contributed by atoms with Crippen LogP contribution in [0, 0.1) is 5.92 Å². The summed E-state index contributed by atoms with van der Waals surface area (Å²) in [5.74, 6) is -0.787. The number of hydrogen-bond donors (Lipinski definition) is 1. The number of amides is 1. The van der Waals surface area contributed by atoms with E-state index >= 15 is 0 Å². The number of aryl methyl sites for hydroxylation is 1. The largest absolute Gasteiger partial charge is 0.381 e.